The molecular weight excluding hydrogens is 184 g/mol. The number of nitrogens with one attached hydrogen (secondary N) is 1. The Labute approximate surface area is 95.7 Å². The Bertz CT molecular complexity index is 179. The summed E-state index contributed by atoms with van der Waals surface area (Å²) in [5.41, 5.74) is 1.46. The van der Waals surface area contributed by atoms with E-state index in [1.807, 2.05) is 0 Å². The van der Waals surface area contributed by atoms with Crippen molar-refractivity contribution in [3.63, 3.8) is 0 Å². The van der Waals surface area contributed by atoms with Crippen LogP contribution in [-0.4, -0.2) is 36.6 Å². The van der Waals surface area contributed by atoms with Crippen LogP contribution in [0, 0.1) is 0 Å². The van der Waals surface area contributed by atoms with E-state index >= 15 is 0 Å². The van der Waals surface area contributed by atoms with Crippen molar-refractivity contribution in [1.82, 2.24) is 10.2 Å². The molecule has 0 heterocycles. The predicted molar refractivity (Wildman–Crippen MR) is 69.3 cm³/mol. The molecule has 0 unspecified atom stereocenters. The van der Waals surface area contributed by atoms with E-state index < -0.39 is 0 Å². The van der Waals surface area contributed by atoms with Gasteiger partial charge >= 0.3 is 0 Å². The highest BCUT2D eigenvalue weighted by Crippen LogP contribution is 2.02. The lowest BCUT2D eigenvalue weighted by Crippen LogP contribution is -2.39. The van der Waals surface area contributed by atoms with Crippen LogP contribution in [0.3, 0.4) is 0 Å². The molecule has 2 nitrogen and oxygen atoms in total. The molecule has 0 saturated heterocycles. The topological polar surface area (TPSA) is 15.3 Å². The van der Waals surface area contributed by atoms with E-state index in [-0.39, 0.29) is 5.54 Å². The van der Waals surface area contributed by atoms with Gasteiger partial charge < -0.3 is 5.32 Å². The molecule has 0 aliphatic heterocycles. The molecule has 0 aliphatic rings. The van der Waals surface area contributed by atoms with Gasteiger partial charge in [0.1, 0.15) is 0 Å². The number of hydrogen-bond donors (Lipinski definition) is 1. The van der Waals surface area contributed by atoms with E-state index in [2.05, 4.69) is 51.4 Å². The fourth-order valence-electron chi connectivity index (χ4n) is 1.43. The summed E-state index contributed by atoms with van der Waals surface area (Å²) in [6, 6.07) is 0. The highest BCUT2D eigenvalue weighted by Gasteiger charge is 2.09. The van der Waals surface area contributed by atoms with Crippen molar-refractivity contribution in [2.75, 3.05) is 26.2 Å². The van der Waals surface area contributed by atoms with E-state index in [4.69, 9.17) is 0 Å². The van der Waals surface area contributed by atoms with Crippen LogP contribution in [0.25, 0.3) is 0 Å². The Balaban J connectivity index is 3.81. The van der Waals surface area contributed by atoms with Gasteiger partial charge in [0.15, 0.2) is 0 Å². The fraction of sp³-hybridized carbons (Fsp3) is 0.846. The maximum Gasteiger partial charge on any atom is 0.0202 e. The Morgan fingerprint density at radius 3 is 2.27 bits per heavy atom. The van der Waals surface area contributed by atoms with Crippen molar-refractivity contribution in [2.24, 2.45) is 0 Å². The zero-order valence-electron chi connectivity index (χ0n) is 11.2. The molecule has 1 N–H and O–H groups in total. The van der Waals surface area contributed by atoms with E-state index in [9.17, 15) is 0 Å². The number of rotatable bonds is 7. The Morgan fingerprint density at radius 2 is 1.87 bits per heavy atom. The summed E-state index contributed by atoms with van der Waals surface area (Å²) in [4.78, 5) is 2.44. The SMILES string of the molecule is C=C(CNC(C)(C)C)CN(CC)CCC. The van der Waals surface area contributed by atoms with Gasteiger partial charge in [-0.15, -0.1) is 0 Å². The van der Waals surface area contributed by atoms with Gasteiger partial charge in [-0.3, -0.25) is 4.90 Å². The van der Waals surface area contributed by atoms with Gasteiger partial charge in [-0.25, -0.2) is 0 Å². The third-order valence-corrected chi connectivity index (χ3v) is 2.30. The van der Waals surface area contributed by atoms with E-state index in [0.717, 1.165) is 19.6 Å². The first-order chi connectivity index (χ1) is 6.89. The normalized spacial score (nSPS) is 12.1. The fourth-order valence-corrected chi connectivity index (χ4v) is 1.43. The van der Waals surface area contributed by atoms with E-state index in [1.165, 1.54) is 18.5 Å². The average Bonchev–Trinajstić information content (AvgIpc) is 2.13. The monoisotopic (exact) mass is 212 g/mol. The molecule has 0 spiro atoms. The minimum atomic E-state index is 0.185. The molecule has 0 radical (unpaired) electrons. The van der Waals surface area contributed by atoms with Gasteiger partial charge in [0.2, 0.25) is 0 Å². The van der Waals surface area contributed by atoms with Crippen LogP contribution in [0.5, 0.6) is 0 Å². The smallest absolute Gasteiger partial charge is 0.0202 e. The number of nitrogens with zero attached hydrogens (tertiary/aromatic N) is 1. The number of likely N-dealkylation sites (N-methyl/N-ethyl adjacent to an activating group) is 1. The van der Waals surface area contributed by atoms with Crippen molar-refractivity contribution in [2.45, 2.75) is 46.6 Å². The lowest BCUT2D eigenvalue weighted by molar-refractivity contribution is 0.307. The first-order valence-electron chi connectivity index (χ1n) is 6.03. The first-order valence-corrected chi connectivity index (χ1v) is 6.03. The van der Waals surface area contributed by atoms with Crippen LogP contribution < -0.4 is 5.32 Å². The molecule has 0 rings (SSSR count). The molecule has 0 atom stereocenters. The zero-order chi connectivity index (χ0) is 11.9. The zero-order valence-corrected chi connectivity index (χ0v) is 11.2. The van der Waals surface area contributed by atoms with Crippen LogP contribution >= 0.6 is 0 Å². The molecule has 0 bridgehead atoms. The quantitative estimate of drug-likeness (QED) is 0.653. The summed E-state index contributed by atoms with van der Waals surface area (Å²) in [7, 11) is 0. The van der Waals surface area contributed by atoms with Crippen LogP contribution in [0.4, 0.5) is 0 Å². The molecule has 0 aliphatic carbocycles. The summed E-state index contributed by atoms with van der Waals surface area (Å²) in [5, 5.41) is 3.47. The summed E-state index contributed by atoms with van der Waals surface area (Å²) < 4.78 is 0. The minimum absolute atomic E-state index is 0.185. The maximum atomic E-state index is 4.12. The molecule has 15 heavy (non-hydrogen) atoms. The summed E-state index contributed by atoms with van der Waals surface area (Å²) in [5.74, 6) is 0. The van der Waals surface area contributed by atoms with Gasteiger partial charge in [-0.1, -0.05) is 20.4 Å². The lowest BCUT2D eigenvalue weighted by Gasteiger charge is -2.25. The van der Waals surface area contributed by atoms with Crippen LogP contribution in [-0.2, 0) is 0 Å². The van der Waals surface area contributed by atoms with Gasteiger partial charge in [-0.2, -0.15) is 0 Å². The standard InChI is InChI=1S/C13H28N2/c1-7-9-15(8-2)11-12(3)10-14-13(4,5)6/h14H,3,7-11H2,1-2,4-6H3. The molecule has 0 aromatic heterocycles. The Kier molecular flexibility index (Phi) is 6.86. The van der Waals surface area contributed by atoms with Crippen LogP contribution in [0.2, 0.25) is 0 Å². The van der Waals surface area contributed by atoms with Gasteiger partial charge in [0, 0.05) is 18.6 Å². The second-order valence-corrected chi connectivity index (χ2v) is 5.22. The minimum Gasteiger partial charge on any atom is -0.308 e. The maximum absolute atomic E-state index is 4.12. The Hall–Kier alpha value is -0.340. The molecule has 0 amide bonds. The van der Waals surface area contributed by atoms with Gasteiger partial charge in [0.25, 0.3) is 0 Å². The van der Waals surface area contributed by atoms with Crippen LogP contribution in [0.1, 0.15) is 41.0 Å². The average molecular weight is 212 g/mol. The molecule has 2 heteroatoms. The molecule has 0 fully saturated rings. The van der Waals surface area contributed by atoms with Crippen molar-refractivity contribution >= 4 is 0 Å². The predicted octanol–water partition coefficient (Wildman–Crippen LogP) is 2.66. The van der Waals surface area contributed by atoms with Crippen molar-refractivity contribution in [3.8, 4) is 0 Å². The molecule has 0 aromatic carbocycles. The molecule has 90 valence electrons. The van der Waals surface area contributed by atoms with Crippen LogP contribution in [0.15, 0.2) is 12.2 Å². The molecule has 0 saturated carbocycles. The summed E-state index contributed by atoms with van der Waals surface area (Å²) >= 11 is 0. The lowest BCUT2D eigenvalue weighted by atomic mass is 10.1. The third-order valence-electron chi connectivity index (χ3n) is 2.30. The molecule has 0 aromatic rings. The van der Waals surface area contributed by atoms with Crippen molar-refractivity contribution in [3.05, 3.63) is 12.2 Å². The Morgan fingerprint density at radius 1 is 1.27 bits per heavy atom. The van der Waals surface area contributed by atoms with Crippen molar-refractivity contribution in [1.29, 1.82) is 0 Å². The second-order valence-electron chi connectivity index (χ2n) is 5.22. The van der Waals surface area contributed by atoms with E-state index in [1.54, 1.807) is 0 Å². The number of hydrogen-bond acceptors (Lipinski definition) is 2. The summed E-state index contributed by atoms with van der Waals surface area (Å²) in [6.45, 7) is 19.3. The van der Waals surface area contributed by atoms with Gasteiger partial charge in [0.05, 0.1) is 0 Å². The summed E-state index contributed by atoms with van der Waals surface area (Å²) in [6.07, 6.45) is 1.22. The first kappa shape index (κ1) is 14.7. The van der Waals surface area contributed by atoms with E-state index in [0.29, 0.717) is 0 Å². The highest BCUT2D eigenvalue weighted by molar-refractivity contribution is 5.01. The third kappa shape index (κ3) is 8.64. The second kappa shape index (κ2) is 7.02. The highest BCUT2D eigenvalue weighted by atomic mass is 15.1. The van der Waals surface area contributed by atoms with Crippen molar-refractivity contribution < 1.29 is 0 Å². The molecular formula is C13H28N2. The van der Waals surface area contributed by atoms with Gasteiger partial charge in [-0.05, 0) is 45.9 Å². The largest absolute Gasteiger partial charge is 0.308 e.